The Labute approximate surface area is 144 Å². The molecule has 0 amide bonds. The highest BCUT2D eigenvalue weighted by atomic mass is 79.9. The molecule has 0 atom stereocenters. The lowest BCUT2D eigenvalue weighted by Gasteiger charge is -2.23. The Morgan fingerprint density at radius 1 is 1.25 bits per heavy atom. The summed E-state index contributed by atoms with van der Waals surface area (Å²) in [6.45, 7) is 1.03. The molecule has 126 valence electrons. The minimum absolute atomic E-state index is 0.0702. The molecule has 0 unspecified atom stereocenters. The zero-order valence-corrected chi connectivity index (χ0v) is 13.9. The van der Waals surface area contributed by atoms with Crippen LogP contribution in [0, 0.1) is 10.1 Å². The van der Waals surface area contributed by atoms with Crippen molar-refractivity contribution in [2.24, 2.45) is 0 Å². The minimum Gasteiger partial charge on any atom is -0.442 e. The number of hydrogen-bond acceptors (Lipinski definition) is 7. The van der Waals surface area contributed by atoms with E-state index in [1.807, 2.05) is 0 Å². The van der Waals surface area contributed by atoms with Crippen LogP contribution >= 0.6 is 15.9 Å². The molecule has 1 aromatic heterocycles. The number of nitro groups is 1. The van der Waals surface area contributed by atoms with Crippen molar-refractivity contribution in [3.05, 3.63) is 56.4 Å². The van der Waals surface area contributed by atoms with Crippen molar-refractivity contribution >= 4 is 27.6 Å². The van der Waals surface area contributed by atoms with E-state index in [-0.39, 0.29) is 17.2 Å². The maximum Gasteiger partial charge on any atom is 0.379 e. The molecular weight excluding hydrogens is 386 g/mol. The summed E-state index contributed by atoms with van der Waals surface area (Å²) >= 11 is 3.07. The van der Waals surface area contributed by atoms with E-state index in [4.69, 9.17) is 18.6 Å². The van der Waals surface area contributed by atoms with E-state index in [9.17, 15) is 14.9 Å². The highest BCUT2D eigenvalue weighted by Crippen LogP contribution is 2.33. The predicted octanol–water partition coefficient (Wildman–Crippen LogP) is 3.61. The van der Waals surface area contributed by atoms with Gasteiger partial charge in [-0.05, 0) is 46.6 Å². The second kappa shape index (κ2) is 7.12. The first-order chi connectivity index (χ1) is 11.5. The Bertz CT molecular complexity index is 767. The normalized spacial score (nSPS) is 15.2. The van der Waals surface area contributed by atoms with Gasteiger partial charge in [0.05, 0.1) is 18.1 Å². The predicted molar refractivity (Wildman–Crippen MR) is 83.7 cm³/mol. The lowest BCUT2D eigenvalue weighted by molar-refractivity contribution is -0.385. The summed E-state index contributed by atoms with van der Waals surface area (Å²) in [7, 11) is 0. The Balaban J connectivity index is 1.84. The molecule has 3 rings (SSSR count). The fourth-order valence-electron chi connectivity index (χ4n) is 2.16. The summed E-state index contributed by atoms with van der Waals surface area (Å²) in [5, 5.41) is 11.3. The molecule has 8 nitrogen and oxygen atoms in total. The number of hydrogen-bond donors (Lipinski definition) is 0. The lowest BCUT2D eigenvalue weighted by Crippen LogP contribution is -2.18. The minimum atomic E-state index is -0.832. The van der Waals surface area contributed by atoms with Gasteiger partial charge in [-0.2, -0.15) is 0 Å². The summed E-state index contributed by atoms with van der Waals surface area (Å²) in [6, 6.07) is 7.09. The first-order valence-electron chi connectivity index (χ1n) is 7.03. The van der Waals surface area contributed by atoms with Gasteiger partial charge in [0.15, 0.2) is 11.0 Å². The van der Waals surface area contributed by atoms with Crippen LogP contribution in [0.1, 0.15) is 28.8 Å². The van der Waals surface area contributed by atoms with Gasteiger partial charge in [0.25, 0.3) is 0 Å². The van der Waals surface area contributed by atoms with Gasteiger partial charge in [-0.25, -0.2) is 4.79 Å². The molecule has 1 aliphatic rings. The lowest BCUT2D eigenvalue weighted by atomic mass is 10.1. The summed E-state index contributed by atoms with van der Waals surface area (Å²) in [6.07, 6.45) is 0.107. The highest BCUT2D eigenvalue weighted by Gasteiger charge is 2.25. The van der Waals surface area contributed by atoms with E-state index >= 15 is 0 Å². The Hall–Kier alpha value is -2.23. The average molecular weight is 398 g/mol. The van der Waals surface area contributed by atoms with Crippen molar-refractivity contribution < 1.29 is 28.3 Å². The Morgan fingerprint density at radius 3 is 2.62 bits per heavy atom. The molecule has 0 spiro atoms. The molecule has 1 saturated heterocycles. The number of halogens is 1. The van der Waals surface area contributed by atoms with Gasteiger partial charge < -0.3 is 18.6 Å². The molecular formula is C15H12BrNO7. The molecule has 1 fully saturated rings. The third kappa shape index (κ3) is 3.64. The third-order valence-electron chi connectivity index (χ3n) is 3.26. The van der Waals surface area contributed by atoms with Crippen molar-refractivity contribution in [3.8, 4) is 5.75 Å². The maximum atomic E-state index is 12.0. The van der Waals surface area contributed by atoms with Crippen LogP contribution < -0.4 is 4.74 Å². The van der Waals surface area contributed by atoms with Crippen molar-refractivity contribution in [3.63, 3.8) is 0 Å². The van der Waals surface area contributed by atoms with Crippen LogP contribution in [-0.4, -0.2) is 24.1 Å². The highest BCUT2D eigenvalue weighted by molar-refractivity contribution is 9.10. The molecule has 0 N–H and O–H groups in total. The van der Waals surface area contributed by atoms with E-state index in [2.05, 4.69) is 15.9 Å². The molecule has 9 heteroatoms. The smallest absolute Gasteiger partial charge is 0.379 e. The van der Waals surface area contributed by atoms with Crippen LogP contribution in [0.3, 0.4) is 0 Å². The van der Waals surface area contributed by atoms with E-state index in [1.54, 1.807) is 6.07 Å². The van der Waals surface area contributed by atoms with Crippen LogP contribution in [-0.2, 0) is 9.47 Å². The molecule has 0 saturated carbocycles. The number of carbonyl (C=O) groups excluding carboxylic acids is 1. The fourth-order valence-corrected chi connectivity index (χ4v) is 2.47. The molecule has 0 aliphatic carbocycles. The quantitative estimate of drug-likeness (QED) is 0.336. The molecule has 1 aliphatic heterocycles. The molecule has 0 radical (unpaired) electrons. The summed E-state index contributed by atoms with van der Waals surface area (Å²) in [5.41, 5.74) is 0.131. The summed E-state index contributed by atoms with van der Waals surface area (Å²) in [5.74, 6) is -1.09. The van der Waals surface area contributed by atoms with Gasteiger partial charge in [0.2, 0.25) is 11.5 Å². The van der Waals surface area contributed by atoms with Gasteiger partial charge in [-0.1, -0.05) is 0 Å². The maximum absolute atomic E-state index is 12.0. The standard InChI is InChI=1S/C15H12BrNO7/c16-13-5-4-12(23-13)14(18)24-11-3-2-9(8-10(11)17(19)20)15-21-6-1-7-22-15/h2-5,8,15H,1,6-7H2. The average Bonchev–Trinajstić information content (AvgIpc) is 3.02. The SMILES string of the molecule is O=C(Oc1ccc(C2OCCCO2)cc1[N+](=O)[O-])c1ccc(Br)o1. The molecule has 2 aromatic rings. The monoisotopic (exact) mass is 397 g/mol. The number of benzene rings is 1. The van der Waals surface area contributed by atoms with E-state index in [0.717, 1.165) is 6.42 Å². The molecule has 2 heterocycles. The molecule has 0 bridgehead atoms. The van der Waals surface area contributed by atoms with E-state index in [1.165, 1.54) is 24.3 Å². The van der Waals surface area contributed by atoms with Gasteiger partial charge in [-0.15, -0.1) is 0 Å². The first-order valence-corrected chi connectivity index (χ1v) is 7.83. The topological polar surface area (TPSA) is 101 Å². The van der Waals surface area contributed by atoms with Crippen molar-refractivity contribution in [1.82, 2.24) is 0 Å². The largest absolute Gasteiger partial charge is 0.442 e. The van der Waals surface area contributed by atoms with Gasteiger partial charge >= 0.3 is 11.7 Å². The van der Waals surface area contributed by atoms with Gasteiger partial charge in [-0.3, -0.25) is 10.1 Å². The number of carbonyl (C=O) groups is 1. The zero-order valence-electron chi connectivity index (χ0n) is 12.3. The van der Waals surface area contributed by atoms with Gasteiger partial charge in [0.1, 0.15) is 0 Å². The van der Waals surface area contributed by atoms with E-state index in [0.29, 0.717) is 23.4 Å². The first kappa shape index (κ1) is 16.6. The molecule has 1 aromatic carbocycles. The zero-order chi connectivity index (χ0) is 17.1. The second-order valence-corrected chi connectivity index (χ2v) is 5.69. The summed E-state index contributed by atoms with van der Waals surface area (Å²) < 4.78 is 21.3. The van der Waals surface area contributed by atoms with Crippen LogP contribution in [0.25, 0.3) is 0 Å². The van der Waals surface area contributed by atoms with Crippen LogP contribution in [0.15, 0.2) is 39.4 Å². The van der Waals surface area contributed by atoms with Crippen molar-refractivity contribution in [1.29, 1.82) is 0 Å². The number of nitro benzene ring substituents is 1. The summed E-state index contributed by atoms with van der Waals surface area (Å²) in [4.78, 5) is 22.6. The number of nitrogens with zero attached hydrogens (tertiary/aromatic N) is 1. The van der Waals surface area contributed by atoms with E-state index < -0.39 is 17.2 Å². The Kier molecular flexibility index (Phi) is 4.93. The second-order valence-electron chi connectivity index (χ2n) is 4.90. The molecule has 24 heavy (non-hydrogen) atoms. The van der Waals surface area contributed by atoms with Crippen LogP contribution in [0.5, 0.6) is 5.75 Å². The van der Waals surface area contributed by atoms with Crippen molar-refractivity contribution in [2.45, 2.75) is 12.7 Å². The van der Waals surface area contributed by atoms with Crippen LogP contribution in [0.4, 0.5) is 5.69 Å². The third-order valence-corrected chi connectivity index (χ3v) is 3.68. The number of ether oxygens (including phenoxy) is 3. The fraction of sp³-hybridized carbons (Fsp3) is 0.267. The number of rotatable bonds is 4. The van der Waals surface area contributed by atoms with Gasteiger partial charge in [0, 0.05) is 11.6 Å². The number of furan rings is 1. The number of esters is 1. The van der Waals surface area contributed by atoms with Crippen LogP contribution in [0.2, 0.25) is 0 Å². The Morgan fingerprint density at radius 2 is 2.00 bits per heavy atom. The van der Waals surface area contributed by atoms with Crippen molar-refractivity contribution in [2.75, 3.05) is 13.2 Å².